The van der Waals surface area contributed by atoms with Crippen molar-refractivity contribution in [3.63, 3.8) is 0 Å². The topological polar surface area (TPSA) is 66.4 Å². The van der Waals surface area contributed by atoms with Gasteiger partial charge in [0.05, 0.1) is 17.4 Å². The van der Waals surface area contributed by atoms with Crippen molar-refractivity contribution in [1.29, 1.82) is 0 Å². The Kier molecular flexibility index (Phi) is 2.64. The molecular formula is C10H9NO3S. The molecule has 0 saturated carbocycles. The molecule has 1 heterocycles. The Labute approximate surface area is 90.7 Å². The zero-order valence-electron chi connectivity index (χ0n) is 7.77. The molecule has 1 aliphatic rings. The number of nitrogens with one attached hydrogen (secondary N) is 1. The first kappa shape index (κ1) is 10.0. The summed E-state index contributed by atoms with van der Waals surface area (Å²) < 4.78 is 0. The van der Waals surface area contributed by atoms with Crippen molar-refractivity contribution in [2.45, 2.75) is 16.7 Å². The van der Waals surface area contributed by atoms with Crippen LogP contribution >= 0.6 is 11.8 Å². The number of amides is 1. The summed E-state index contributed by atoms with van der Waals surface area (Å²) in [5, 5.41) is 10.9. The molecule has 1 unspecified atom stereocenters. The minimum atomic E-state index is -0.910. The third-order valence-corrected chi connectivity index (χ3v) is 3.23. The fraction of sp³-hybridized carbons (Fsp3) is 0.200. The molecule has 1 amide bonds. The number of hydrogen-bond acceptors (Lipinski definition) is 3. The second-order valence-corrected chi connectivity index (χ2v) is 4.42. The number of carbonyl (C=O) groups excluding carboxylic acids is 1. The number of carboxylic acids is 1. The number of aliphatic carboxylic acids is 1. The molecular weight excluding hydrogens is 214 g/mol. The van der Waals surface area contributed by atoms with Crippen molar-refractivity contribution in [1.82, 2.24) is 5.32 Å². The van der Waals surface area contributed by atoms with E-state index in [9.17, 15) is 9.59 Å². The predicted octanol–water partition coefficient (Wildman–Crippen LogP) is 1.32. The van der Waals surface area contributed by atoms with E-state index in [1.54, 1.807) is 12.1 Å². The van der Waals surface area contributed by atoms with Crippen molar-refractivity contribution < 1.29 is 14.7 Å². The Morgan fingerprint density at radius 3 is 2.93 bits per heavy atom. The van der Waals surface area contributed by atoms with Gasteiger partial charge in [-0.3, -0.25) is 9.59 Å². The van der Waals surface area contributed by atoms with Crippen molar-refractivity contribution >= 4 is 23.6 Å². The number of carbonyl (C=O) groups is 2. The van der Waals surface area contributed by atoms with E-state index in [1.807, 2.05) is 12.1 Å². The molecule has 1 aromatic carbocycles. The van der Waals surface area contributed by atoms with Gasteiger partial charge >= 0.3 is 5.97 Å². The summed E-state index contributed by atoms with van der Waals surface area (Å²) in [5.41, 5.74) is 0.615. The van der Waals surface area contributed by atoms with Crippen LogP contribution in [-0.2, 0) is 4.79 Å². The van der Waals surface area contributed by atoms with Crippen molar-refractivity contribution in [2.75, 3.05) is 0 Å². The zero-order valence-corrected chi connectivity index (χ0v) is 8.58. The fourth-order valence-electron chi connectivity index (χ4n) is 1.41. The molecule has 15 heavy (non-hydrogen) atoms. The molecule has 2 rings (SSSR count). The molecule has 0 spiro atoms. The summed E-state index contributed by atoms with van der Waals surface area (Å²) in [6.07, 6.45) is -0.0647. The SMILES string of the molecule is O=C(O)CC1NC(=O)c2ccccc2S1. The molecule has 0 aliphatic carbocycles. The number of benzene rings is 1. The van der Waals surface area contributed by atoms with Crippen molar-refractivity contribution in [3.05, 3.63) is 29.8 Å². The number of rotatable bonds is 2. The molecule has 1 aliphatic heterocycles. The van der Waals surface area contributed by atoms with E-state index in [4.69, 9.17) is 5.11 Å². The zero-order chi connectivity index (χ0) is 10.8. The van der Waals surface area contributed by atoms with E-state index in [2.05, 4.69) is 5.32 Å². The van der Waals surface area contributed by atoms with Crippen molar-refractivity contribution in [3.8, 4) is 0 Å². The Morgan fingerprint density at radius 1 is 1.47 bits per heavy atom. The molecule has 2 N–H and O–H groups in total. The molecule has 78 valence electrons. The molecule has 1 atom stereocenters. The second kappa shape index (κ2) is 3.94. The average molecular weight is 223 g/mol. The van der Waals surface area contributed by atoms with Crippen molar-refractivity contribution in [2.24, 2.45) is 0 Å². The number of carboxylic acid groups (broad SMARTS) is 1. The molecule has 0 fully saturated rings. The third-order valence-electron chi connectivity index (χ3n) is 2.05. The minimum absolute atomic E-state index is 0.0647. The Hall–Kier alpha value is -1.49. The standard InChI is InChI=1S/C10H9NO3S/c12-9(13)5-8-11-10(14)6-3-1-2-4-7(6)15-8/h1-4,8H,5H2,(H,11,14)(H,12,13). The van der Waals surface area contributed by atoms with Gasteiger partial charge < -0.3 is 10.4 Å². The first-order valence-electron chi connectivity index (χ1n) is 4.45. The number of fused-ring (bicyclic) bond motifs is 1. The van der Waals surface area contributed by atoms with Crippen LogP contribution in [0, 0.1) is 0 Å². The molecule has 0 aromatic heterocycles. The van der Waals surface area contributed by atoms with Gasteiger partial charge in [-0.2, -0.15) is 0 Å². The Morgan fingerprint density at radius 2 is 2.20 bits per heavy atom. The van der Waals surface area contributed by atoms with Gasteiger partial charge in [0.2, 0.25) is 0 Å². The summed E-state index contributed by atoms with van der Waals surface area (Å²) in [5.74, 6) is -1.11. The molecule has 0 radical (unpaired) electrons. The van der Waals surface area contributed by atoms with Crippen LogP contribution in [0.5, 0.6) is 0 Å². The quantitative estimate of drug-likeness (QED) is 0.793. The fourth-order valence-corrected chi connectivity index (χ4v) is 2.56. The lowest BCUT2D eigenvalue weighted by atomic mass is 10.2. The van der Waals surface area contributed by atoms with Gasteiger partial charge in [-0.05, 0) is 12.1 Å². The van der Waals surface area contributed by atoms with E-state index < -0.39 is 5.97 Å². The molecule has 0 saturated heterocycles. The molecule has 5 heteroatoms. The first-order chi connectivity index (χ1) is 7.16. The maximum Gasteiger partial charge on any atom is 0.306 e. The number of hydrogen-bond donors (Lipinski definition) is 2. The lowest BCUT2D eigenvalue weighted by molar-refractivity contribution is -0.137. The van der Waals surface area contributed by atoms with Crippen LogP contribution in [0.2, 0.25) is 0 Å². The van der Waals surface area contributed by atoms with E-state index in [1.165, 1.54) is 11.8 Å². The normalized spacial score (nSPS) is 19.2. The summed E-state index contributed by atoms with van der Waals surface area (Å²) in [6, 6.07) is 7.18. The van der Waals surface area contributed by atoms with Gasteiger partial charge in [-0.15, -0.1) is 0 Å². The summed E-state index contributed by atoms with van der Waals surface area (Å²) in [4.78, 5) is 22.9. The maximum atomic E-state index is 11.6. The lowest BCUT2D eigenvalue weighted by Crippen LogP contribution is -2.37. The van der Waals surface area contributed by atoms with E-state index in [0.717, 1.165) is 4.90 Å². The Balaban J connectivity index is 2.23. The predicted molar refractivity (Wildman–Crippen MR) is 55.8 cm³/mol. The highest BCUT2D eigenvalue weighted by atomic mass is 32.2. The molecule has 1 aromatic rings. The maximum absolute atomic E-state index is 11.6. The lowest BCUT2D eigenvalue weighted by Gasteiger charge is -2.23. The highest BCUT2D eigenvalue weighted by Gasteiger charge is 2.25. The van der Waals surface area contributed by atoms with Crippen LogP contribution < -0.4 is 5.32 Å². The van der Waals surface area contributed by atoms with Crippen LogP contribution in [0.15, 0.2) is 29.2 Å². The van der Waals surface area contributed by atoms with E-state index >= 15 is 0 Å². The van der Waals surface area contributed by atoms with Crippen LogP contribution in [0.1, 0.15) is 16.8 Å². The average Bonchev–Trinajstić information content (AvgIpc) is 2.16. The summed E-state index contributed by atoms with van der Waals surface area (Å²) in [7, 11) is 0. The molecule has 4 nitrogen and oxygen atoms in total. The van der Waals surface area contributed by atoms with Gasteiger partial charge in [0.25, 0.3) is 5.91 Å². The highest BCUT2D eigenvalue weighted by molar-refractivity contribution is 8.00. The van der Waals surface area contributed by atoms with Gasteiger partial charge in [0.1, 0.15) is 0 Å². The van der Waals surface area contributed by atoms with Crippen LogP contribution in [0.25, 0.3) is 0 Å². The van der Waals surface area contributed by atoms with Gasteiger partial charge in [0, 0.05) is 4.90 Å². The van der Waals surface area contributed by atoms with Crippen LogP contribution in [0.3, 0.4) is 0 Å². The summed E-state index contributed by atoms with van der Waals surface area (Å²) in [6.45, 7) is 0. The minimum Gasteiger partial charge on any atom is -0.481 e. The Bertz CT molecular complexity index is 419. The third kappa shape index (κ3) is 2.12. The number of thioether (sulfide) groups is 1. The second-order valence-electron chi connectivity index (χ2n) is 3.17. The largest absolute Gasteiger partial charge is 0.481 e. The highest BCUT2D eigenvalue weighted by Crippen LogP contribution is 2.31. The van der Waals surface area contributed by atoms with E-state index in [0.29, 0.717) is 5.56 Å². The van der Waals surface area contributed by atoms with Gasteiger partial charge in [-0.25, -0.2) is 0 Å². The summed E-state index contributed by atoms with van der Waals surface area (Å²) >= 11 is 1.38. The smallest absolute Gasteiger partial charge is 0.306 e. The van der Waals surface area contributed by atoms with Crippen LogP contribution in [-0.4, -0.2) is 22.4 Å². The van der Waals surface area contributed by atoms with Gasteiger partial charge in [-0.1, -0.05) is 23.9 Å². The first-order valence-corrected chi connectivity index (χ1v) is 5.33. The monoisotopic (exact) mass is 223 g/mol. The van der Waals surface area contributed by atoms with Gasteiger partial charge in [0.15, 0.2) is 0 Å². The van der Waals surface area contributed by atoms with E-state index in [-0.39, 0.29) is 17.7 Å². The van der Waals surface area contributed by atoms with Crippen LogP contribution in [0.4, 0.5) is 0 Å². The molecule has 0 bridgehead atoms.